The summed E-state index contributed by atoms with van der Waals surface area (Å²) in [5.41, 5.74) is 0. The summed E-state index contributed by atoms with van der Waals surface area (Å²) in [5.74, 6) is -0.337. The molecular weight excluding hydrogens is 132 g/mol. The predicted octanol–water partition coefficient (Wildman–Crippen LogP) is -0.0516. The second-order valence-electron chi connectivity index (χ2n) is 2.39. The highest BCUT2D eigenvalue weighted by molar-refractivity contribution is 5.72. The van der Waals surface area contributed by atoms with Gasteiger partial charge in [-0.25, -0.2) is 10.4 Å². The number of carbonyl (C=O) groups excluding carboxylic acids is 1. The van der Waals surface area contributed by atoms with Crippen molar-refractivity contribution < 1.29 is 10.0 Å². The van der Waals surface area contributed by atoms with E-state index >= 15 is 0 Å². The van der Waals surface area contributed by atoms with Crippen molar-refractivity contribution in [2.24, 2.45) is 0 Å². The lowest BCUT2D eigenvalue weighted by atomic mass is 10.3. The standard InChI is InChI=1S/C6H11N2O2/c1-5(9)8(10)6-3-2-4-7-6/h6,10H,2-4H2,1H3. The molecule has 1 heterocycles. The highest BCUT2D eigenvalue weighted by atomic mass is 16.5. The lowest BCUT2D eigenvalue weighted by molar-refractivity contribution is -0.174. The van der Waals surface area contributed by atoms with Gasteiger partial charge in [0.25, 0.3) is 0 Å². The van der Waals surface area contributed by atoms with Crippen LogP contribution in [0.15, 0.2) is 0 Å². The molecule has 4 heteroatoms. The number of amides is 1. The molecule has 1 aliphatic heterocycles. The second-order valence-corrected chi connectivity index (χ2v) is 2.39. The van der Waals surface area contributed by atoms with Crippen LogP contribution < -0.4 is 5.32 Å². The Hall–Kier alpha value is -0.610. The molecule has 10 heavy (non-hydrogen) atoms. The third-order valence-electron chi connectivity index (χ3n) is 1.57. The second kappa shape index (κ2) is 2.98. The number of hydroxylamine groups is 2. The molecule has 1 aliphatic rings. The summed E-state index contributed by atoms with van der Waals surface area (Å²) in [7, 11) is 0. The van der Waals surface area contributed by atoms with Gasteiger partial charge in [0.05, 0.1) is 0 Å². The molecule has 0 aliphatic carbocycles. The first-order valence-electron chi connectivity index (χ1n) is 3.37. The van der Waals surface area contributed by atoms with Gasteiger partial charge in [0.1, 0.15) is 6.17 Å². The van der Waals surface area contributed by atoms with Crippen molar-refractivity contribution in [1.82, 2.24) is 10.4 Å². The summed E-state index contributed by atoms with van der Waals surface area (Å²) in [6, 6.07) is 0. The van der Waals surface area contributed by atoms with Gasteiger partial charge in [-0.15, -0.1) is 0 Å². The molecule has 1 fully saturated rings. The van der Waals surface area contributed by atoms with Gasteiger partial charge < -0.3 is 0 Å². The largest absolute Gasteiger partial charge is 0.284 e. The van der Waals surface area contributed by atoms with Crippen molar-refractivity contribution in [3.05, 3.63) is 0 Å². The lowest BCUT2D eigenvalue weighted by Crippen LogP contribution is -2.38. The molecule has 1 rings (SSSR count). The summed E-state index contributed by atoms with van der Waals surface area (Å²) in [4.78, 5) is 10.5. The first-order chi connectivity index (χ1) is 4.72. The Labute approximate surface area is 59.8 Å². The fourth-order valence-corrected chi connectivity index (χ4v) is 1.01. The fourth-order valence-electron chi connectivity index (χ4n) is 1.01. The van der Waals surface area contributed by atoms with Gasteiger partial charge in [-0.05, 0) is 12.8 Å². The van der Waals surface area contributed by atoms with Crippen LogP contribution in [-0.2, 0) is 4.79 Å². The summed E-state index contributed by atoms with van der Waals surface area (Å²) in [6.45, 7) is 2.09. The van der Waals surface area contributed by atoms with E-state index in [1.54, 1.807) is 0 Å². The molecule has 0 bridgehead atoms. The van der Waals surface area contributed by atoms with E-state index < -0.39 is 0 Å². The normalized spacial score (nSPS) is 24.8. The third kappa shape index (κ3) is 1.46. The van der Waals surface area contributed by atoms with Crippen LogP contribution in [0.1, 0.15) is 19.8 Å². The molecule has 0 aromatic heterocycles. The third-order valence-corrected chi connectivity index (χ3v) is 1.57. The zero-order valence-electron chi connectivity index (χ0n) is 5.95. The topological polar surface area (TPSA) is 54.6 Å². The van der Waals surface area contributed by atoms with Crippen LogP contribution in [0, 0.1) is 0 Å². The number of hydrogen-bond donors (Lipinski definition) is 1. The number of carbonyl (C=O) groups is 1. The van der Waals surface area contributed by atoms with Gasteiger partial charge in [-0.3, -0.25) is 10.0 Å². The van der Waals surface area contributed by atoms with Crippen molar-refractivity contribution in [3.63, 3.8) is 0 Å². The summed E-state index contributed by atoms with van der Waals surface area (Å²) < 4.78 is 0. The Bertz CT molecular complexity index is 132. The van der Waals surface area contributed by atoms with Crippen molar-refractivity contribution in [2.75, 3.05) is 6.54 Å². The van der Waals surface area contributed by atoms with E-state index in [-0.39, 0.29) is 12.1 Å². The Morgan fingerprint density at radius 2 is 2.50 bits per heavy atom. The van der Waals surface area contributed by atoms with E-state index in [0.717, 1.165) is 19.4 Å². The molecule has 0 saturated carbocycles. The van der Waals surface area contributed by atoms with E-state index in [1.165, 1.54) is 6.92 Å². The van der Waals surface area contributed by atoms with Crippen LogP contribution in [0.25, 0.3) is 0 Å². The van der Waals surface area contributed by atoms with E-state index in [2.05, 4.69) is 5.32 Å². The van der Waals surface area contributed by atoms with Gasteiger partial charge in [-0.2, -0.15) is 0 Å². The van der Waals surface area contributed by atoms with Gasteiger partial charge in [0.2, 0.25) is 5.91 Å². The zero-order valence-corrected chi connectivity index (χ0v) is 5.95. The molecule has 1 radical (unpaired) electrons. The van der Waals surface area contributed by atoms with E-state index in [1.807, 2.05) is 0 Å². The van der Waals surface area contributed by atoms with Crippen LogP contribution in [0.3, 0.4) is 0 Å². The minimum absolute atomic E-state index is 0.280. The molecule has 57 valence electrons. The van der Waals surface area contributed by atoms with Crippen molar-refractivity contribution in [1.29, 1.82) is 0 Å². The molecule has 0 spiro atoms. The van der Waals surface area contributed by atoms with Crippen molar-refractivity contribution >= 4 is 5.91 Å². The van der Waals surface area contributed by atoms with Crippen LogP contribution in [0.2, 0.25) is 0 Å². The first kappa shape index (κ1) is 7.50. The zero-order chi connectivity index (χ0) is 7.56. The molecule has 1 unspecified atom stereocenters. The maximum Gasteiger partial charge on any atom is 0.244 e. The molecular formula is C6H11N2O2. The van der Waals surface area contributed by atoms with E-state index in [9.17, 15) is 4.79 Å². The molecule has 1 atom stereocenters. The van der Waals surface area contributed by atoms with Crippen LogP contribution in [0.5, 0.6) is 0 Å². The Balaban J connectivity index is 2.39. The smallest absolute Gasteiger partial charge is 0.244 e. The lowest BCUT2D eigenvalue weighted by Gasteiger charge is -2.18. The van der Waals surface area contributed by atoms with Gasteiger partial charge in [0, 0.05) is 13.5 Å². The van der Waals surface area contributed by atoms with E-state index in [0.29, 0.717) is 5.06 Å². The van der Waals surface area contributed by atoms with E-state index in [4.69, 9.17) is 5.21 Å². The van der Waals surface area contributed by atoms with Crippen LogP contribution >= 0.6 is 0 Å². The minimum atomic E-state index is -0.337. The maximum atomic E-state index is 10.5. The molecule has 1 saturated heterocycles. The molecule has 4 nitrogen and oxygen atoms in total. The quantitative estimate of drug-likeness (QED) is 0.413. The van der Waals surface area contributed by atoms with Gasteiger partial charge in [0.15, 0.2) is 0 Å². The minimum Gasteiger partial charge on any atom is -0.284 e. The monoisotopic (exact) mass is 143 g/mol. The average Bonchev–Trinajstić information content (AvgIpc) is 2.36. The van der Waals surface area contributed by atoms with Crippen LogP contribution in [-0.4, -0.2) is 28.9 Å². The highest BCUT2D eigenvalue weighted by Crippen LogP contribution is 2.09. The van der Waals surface area contributed by atoms with Gasteiger partial charge in [-0.1, -0.05) is 0 Å². The Kier molecular flexibility index (Phi) is 2.24. The molecule has 1 amide bonds. The van der Waals surface area contributed by atoms with Crippen molar-refractivity contribution in [3.8, 4) is 0 Å². The molecule has 1 N–H and O–H groups in total. The van der Waals surface area contributed by atoms with Crippen molar-refractivity contribution in [2.45, 2.75) is 25.9 Å². The maximum absolute atomic E-state index is 10.5. The fraction of sp³-hybridized carbons (Fsp3) is 0.833. The van der Waals surface area contributed by atoms with Gasteiger partial charge >= 0.3 is 0 Å². The summed E-state index contributed by atoms with van der Waals surface area (Å²) in [5, 5.41) is 13.7. The molecule has 0 aromatic rings. The first-order valence-corrected chi connectivity index (χ1v) is 3.37. The predicted molar refractivity (Wildman–Crippen MR) is 34.3 cm³/mol. The molecule has 0 aromatic carbocycles. The Morgan fingerprint density at radius 1 is 1.80 bits per heavy atom. The number of nitrogens with zero attached hydrogens (tertiary/aromatic N) is 2. The Morgan fingerprint density at radius 3 is 2.90 bits per heavy atom. The summed E-state index contributed by atoms with van der Waals surface area (Å²) in [6.07, 6.45) is 1.47. The number of rotatable bonds is 1. The SMILES string of the molecule is CC(=O)N(O)C1CCC[N]1. The summed E-state index contributed by atoms with van der Waals surface area (Å²) >= 11 is 0. The average molecular weight is 143 g/mol. The number of hydrogen-bond acceptors (Lipinski definition) is 2. The highest BCUT2D eigenvalue weighted by Gasteiger charge is 2.23. The van der Waals surface area contributed by atoms with Crippen LogP contribution in [0.4, 0.5) is 0 Å².